The Labute approximate surface area is 47.1 Å². The van der Waals surface area contributed by atoms with Crippen molar-refractivity contribution in [2.45, 2.75) is 5.03 Å². The molecule has 1 heterocycles. The number of thiol groups is 1. The Morgan fingerprint density at radius 2 is 2.38 bits per heavy atom. The minimum absolute atomic E-state index is 0.0278. The van der Waals surface area contributed by atoms with Crippen LogP contribution in [0.3, 0.4) is 0 Å². The molecule has 0 saturated carbocycles. The first-order chi connectivity index (χ1) is 3.80. The SMILES string of the molecule is O=[SH](=O)c1cocn1. The van der Waals surface area contributed by atoms with Gasteiger partial charge in [0.15, 0.2) is 22.1 Å². The largest absolute Gasteiger partial charge is 0.450 e. The van der Waals surface area contributed by atoms with Crippen LogP contribution in [0.4, 0.5) is 0 Å². The summed E-state index contributed by atoms with van der Waals surface area (Å²) in [4.78, 5) is 3.35. The molecule has 0 bridgehead atoms. The zero-order valence-electron chi connectivity index (χ0n) is 3.77. The average molecular weight is 133 g/mol. The Morgan fingerprint density at radius 1 is 1.62 bits per heavy atom. The molecule has 8 heavy (non-hydrogen) atoms. The van der Waals surface area contributed by atoms with Crippen LogP contribution in [0.15, 0.2) is 22.1 Å². The quantitative estimate of drug-likeness (QED) is 0.532. The summed E-state index contributed by atoms with van der Waals surface area (Å²) < 4.78 is 24.3. The summed E-state index contributed by atoms with van der Waals surface area (Å²) in [5.41, 5.74) is 0. The standard InChI is InChI=1S/C3H3NO3S/c5-8(6)3-1-7-2-4-3/h1-2,8H. The van der Waals surface area contributed by atoms with E-state index in [9.17, 15) is 8.42 Å². The Morgan fingerprint density at radius 3 is 2.62 bits per heavy atom. The third kappa shape index (κ3) is 0.865. The van der Waals surface area contributed by atoms with Crippen molar-refractivity contribution in [3.63, 3.8) is 0 Å². The van der Waals surface area contributed by atoms with Crippen LogP contribution in [0.1, 0.15) is 0 Å². The van der Waals surface area contributed by atoms with Crippen LogP contribution in [0, 0.1) is 0 Å². The van der Waals surface area contributed by atoms with E-state index in [1.807, 2.05) is 0 Å². The topological polar surface area (TPSA) is 60.2 Å². The van der Waals surface area contributed by atoms with Crippen molar-refractivity contribution < 1.29 is 12.8 Å². The van der Waals surface area contributed by atoms with Gasteiger partial charge in [0, 0.05) is 0 Å². The molecule has 1 rings (SSSR count). The molecule has 0 atom stereocenters. The van der Waals surface area contributed by atoms with E-state index in [0.29, 0.717) is 0 Å². The van der Waals surface area contributed by atoms with Crippen molar-refractivity contribution >= 4 is 10.7 Å². The summed E-state index contributed by atoms with van der Waals surface area (Å²) in [6, 6.07) is 0. The van der Waals surface area contributed by atoms with E-state index in [4.69, 9.17) is 0 Å². The van der Waals surface area contributed by atoms with E-state index in [1.165, 1.54) is 0 Å². The molecule has 0 amide bonds. The van der Waals surface area contributed by atoms with Crippen LogP contribution in [0.2, 0.25) is 0 Å². The second-order valence-electron chi connectivity index (χ2n) is 1.10. The smallest absolute Gasteiger partial charge is 0.190 e. The average Bonchev–Trinajstić information content (AvgIpc) is 2.12. The van der Waals surface area contributed by atoms with Crippen molar-refractivity contribution in [1.82, 2.24) is 4.98 Å². The minimum atomic E-state index is -2.56. The molecular formula is C3H3NO3S. The van der Waals surface area contributed by atoms with Crippen LogP contribution in [-0.2, 0) is 10.7 Å². The highest BCUT2D eigenvalue weighted by Crippen LogP contribution is 1.92. The fraction of sp³-hybridized carbons (Fsp3) is 0. The molecule has 0 aliphatic heterocycles. The molecule has 1 aromatic heterocycles. The zero-order valence-corrected chi connectivity index (χ0v) is 4.67. The zero-order chi connectivity index (χ0) is 5.98. The van der Waals surface area contributed by atoms with Crippen LogP contribution in [0.5, 0.6) is 0 Å². The van der Waals surface area contributed by atoms with Crippen LogP contribution >= 0.6 is 0 Å². The van der Waals surface area contributed by atoms with Gasteiger partial charge in [0.05, 0.1) is 0 Å². The van der Waals surface area contributed by atoms with Gasteiger partial charge in [0.25, 0.3) is 0 Å². The molecule has 44 valence electrons. The van der Waals surface area contributed by atoms with Gasteiger partial charge >= 0.3 is 0 Å². The molecule has 0 radical (unpaired) electrons. The number of hydrogen-bond donors (Lipinski definition) is 1. The first kappa shape index (κ1) is 5.30. The molecular weight excluding hydrogens is 130 g/mol. The molecule has 0 spiro atoms. The fourth-order valence-electron chi connectivity index (χ4n) is 0.296. The van der Waals surface area contributed by atoms with Crippen molar-refractivity contribution in [3.05, 3.63) is 12.7 Å². The van der Waals surface area contributed by atoms with Gasteiger partial charge in [0.2, 0.25) is 0 Å². The second kappa shape index (κ2) is 1.95. The number of aromatic nitrogens is 1. The Hall–Kier alpha value is -0.840. The molecule has 0 unspecified atom stereocenters. The Balaban J connectivity index is 3.11. The molecule has 0 aliphatic carbocycles. The normalized spacial score (nSPS) is 10.1. The van der Waals surface area contributed by atoms with E-state index in [1.54, 1.807) is 0 Å². The van der Waals surface area contributed by atoms with Gasteiger partial charge in [-0.25, -0.2) is 13.4 Å². The molecule has 0 fully saturated rings. The summed E-state index contributed by atoms with van der Waals surface area (Å²) in [6.45, 7) is 0. The molecule has 0 aromatic carbocycles. The van der Waals surface area contributed by atoms with E-state index in [-0.39, 0.29) is 5.03 Å². The summed E-state index contributed by atoms with van der Waals surface area (Å²) in [5.74, 6) is 0. The summed E-state index contributed by atoms with van der Waals surface area (Å²) in [6.07, 6.45) is 2.15. The molecule has 0 aliphatic rings. The number of nitrogens with zero attached hydrogens (tertiary/aromatic N) is 1. The maximum atomic E-state index is 9.98. The van der Waals surface area contributed by atoms with Crippen molar-refractivity contribution in [3.8, 4) is 0 Å². The lowest BCUT2D eigenvalue weighted by Gasteiger charge is -1.67. The van der Waals surface area contributed by atoms with E-state index >= 15 is 0 Å². The van der Waals surface area contributed by atoms with E-state index in [0.717, 1.165) is 12.7 Å². The van der Waals surface area contributed by atoms with Gasteiger partial charge in [-0.15, -0.1) is 0 Å². The summed E-state index contributed by atoms with van der Waals surface area (Å²) in [5, 5.41) is -0.0278. The fourth-order valence-corrected chi connectivity index (χ4v) is 0.585. The highest BCUT2D eigenvalue weighted by atomic mass is 32.2. The molecule has 5 heteroatoms. The van der Waals surface area contributed by atoms with Crippen molar-refractivity contribution in [2.24, 2.45) is 0 Å². The highest BCUT2D eigenvalue weighted by Gasteiger charge is 1.93. The summed E-state index contributed by atoms with van der Waals surface area (Å²) in [7, 11) is -2.56. The van der Waals surface area contributed by atoms with E-state index in [2.05, 4.69) is 9.40 Å². The lowest BCUT2D eigenvalue weighted by atomic mass is 11.0. The molecule has 0 saturated heterocycles. The van der Waals surface area contributed by atoms with Gasteiger partial charge in [-0.3, -0.25) is 0 Å². The third-order valence-corrected chi connectivity index (χ3v) is 1.20. The van der Waals surface area contributed by atoms with Gasteiger partial charge in [-0.05, 0) is 0 Å². The Bertz CT molecular complexity index is 217. The monoisotopic (exact) mass is 133 g/mol. The maximum absolute atomic E-state index is 9.98. The van der Waals surface area contributed by atoms with Crippen LogP contribution in [0.25, 0.3) is 0 Å². The maximum Gasteiger partial charge on any atom is 0.190 e. The van der Waals surface area contributed by atoms with E-state index < -0.39 is 10.7 Å². The molecule has 1 aromatic rings. The predicted molar refractivity (Wildman–Crippen MR) is 25.1 cm³/mol. The van der Waals surface area contributed by atoms with Crippen LogP contribution < -0.4 is 0 Å². The molecule has 0 N–H and O–H groups in total. The lowest BCUT2D eigenvalue weighted by Crippen LogP contribution is -1.75. The molecule has 4 nitrogen and oxygen atoms in total. The first-order valence-electron chi connectivity index (χ1n) is 1.83. The predicted octanol–water partition coefficient (Wildman–Crippen LogP) is -0.355. The lowest BCUT2D eigenvalue weighted by molar-refractivity contribution is 0.553. The Kier molecular flexibility index (Phi) is 1.29. The number of oxazole rings is 1. The number of rotatable bonds is 1. The first-order valence-corrected chi connectivity index (χ1v) is 3.01. The highest BCUT2D eigenvalue weighted by molar-refractivity contribution is 7.72. The van der Waals surface area contributed by atoms with Crippen LogP contribution in [-0.4, -0.2) is 13.4 Å². The third-order valence-electron chi connectivity index (χ3n) is 0.606. The number of hydrogen-bond acceptors (Lipinski definition) is 4. The second-order valence-corrected chi connectivity index (χ2v) is 2.08. The van der Waals surface area contributed by atoms with Gasteiger partial charge < -0.3 is 4.42 Å². The van der Waals surface area contributed by atoms with Crippen molar-refractivity contribution in [2.75, 3.05) is 0 Å². The summed E-state index contributed by atoms with van der Waals surface area (Å²) >= 11 is 0. The van der Waals surface area contributed by atoms with Gasteiger partial charge in [-0.1, -0.05) is 0 Å². The van der Waals surface area contributed by atoms with Gasteiger partial charge in [-0.2, -0.15) is 0 Å². The minimum Gasteiger partial charge on any atom is -0.450 e. The van der Waals surface area contributed by atoms with Gasteiger partial charge in [0.1, 0.15) is 6.26 Å². The van der Waals surface area contributed by atoms with Crippen molar-refractivity contribution in [1.29, 1.82) is 0 Å².